The summed E-state index contributed by atoms with van der Waals surface area (Å²) in [7, 11) is 0. The van der Waals surface area contributed by atoms with Crippen molar-refractivity contribution >= 4 is 0 Å². The molecule has 3 N–H and O–H groups in total. The molecule has 2 heteroatoms. The molecule has 1 unspecified atom stereocenters. The highest BCUT2D eigenvalue weighted by Crippen LogP contribution is 2.17. The Morgan fingerprint density at radius 3 is 2.33 bits per heavy atom. The van der Waals surface area contributed by atoms with Gasteiger partial charge in [0.2, 0.25) is 0 Å². The third-order valence-corrected chi connectivity index (χ3v) is 1.89. The van der Waals surface area contributed by atoms with E-state index in [-0.39, 0.29) is 5.41 Å². The fourth-order valence-electron chi connectivity index (χ4n) is 1.01. The van der Waals surface area contributed by atoms with Crippen molar-refractivity contribution in [2.45, 2.75) is 33.7 Å². The molecule has 12 heavy (non-hydrogen) atoms. The van der Waals surface area contributed by atoms with E-state index in [1.54, 1.807) is 0 Å². The highest BCUT2D eigenvalue weighted by Gasteiger charge is 2.21. The van der Waals surface area contributed by atoms with E-state index in [0.717, 1.165) is 6.54 Å². The van der Waals surface area contributed by atoms with E-state index in [2.05, 4.69) is 37.9 Å². The van der Waals surface area contributed by atoms with Gasteiger partial charge in [-0.15, -0.1) is 5.92 Å². The van der Waals surface area contributed by atoms with Crippen LogP contribution in [0, 0.1) is 17.3 Å². The van der Waals surface area contributed by atoms with Crippen LogP contribution in [-0.4, -0.2) is 19.1 Å². The summed E-state index contributed by atoms with van der Waals surface area (Å²) < 4.78 is 0. The lowest BCUT2D eigenvalue weighted by Crippen LogP contribution is -2.45. The number of rotatable bonds is 3. The van der Waals surface area contributed by atoms with Gasteiger partial charge >= 0.3 is 0 Å². The van der Waals surface area contributed by atoms with Crippen molar-refractivity contribution < 1.29 is 0 Å². The molecule has 0 saturated heterocycles. The van der Waals surface area contributed by atoms with Crippen LogP contribution in [0.15, 0.2) is 0 Å². The van der Waals surface area contributed by atoms with E-state index in [9.17, 15) is 0 Å². The first kappa shape index (κ1) is 11.5. The van der Waals surface area contributed by atoms with Crippen LogP contribution in [0.2, 0.25) is 0 Å². The van der Waals surface area contributed by atoms with E-state index >= 15 is 0 Å². The molecule has 0 aromatic rings. The Labute approximate surface area is 75.9 Å². The van der Waals surface area contributed by atoms with E-state index in [1.165, 1.54) is 0 Å². The molecule has 0 radical (unpaired) electrons. The molecular weight excluding hydrogens is 148 g/mol. The molecule has 0 saturated carbocycles. The molecule has 0 aliphatic carbocycles. The zero-order chi connectivity index (χ0) is 9.61. The minimum absolute atomic E-state index is 0.212. The predicted molar refractivity (Wildman–Crippen MR) is 53.8 cm³/mol. The molecule has 0 heterocycles. The highest BCUT2D eigenvalue weighted by molar-refractivity contribution is 4.98. The van der Waals surface area contributed by atoms with E-state index in [1.807, 2.05) is 6.92 Å². The van der Waals surface area contributed by atoms with Crippen molar-refractivity contribution in [2.75, 3.05) is 13.1 Å². The first-order valence-electron chi connectivity index (χ1n) is 4.35. The van der Waals surface area contributed by atoms with E-state index < -0.39 is 0 Å². The van der Waals surface area contributed by atoms with Gasteiger partial charge in [-0.1, -0.05) is 26.7 Å². The number of nitrogens with one attached hydrogen (secondary N) is 1. The lowest BCUT2D eigenvalue weighted by atomic mass is 9.87. The van der Waals surface area contributed by atoms with Crippen LogP contribution >= 0.6 is 0 Å². The molecule has 0 fully saturated rings. The average molecular weight is 168 g/mol. The van der Waals surface area contributed by atoms with Crippen molar-refractivity contribution in [3.05, 3.63) is 0 Å². The van der Waals surface area contributed by atoms with Gasteiger partial charge in [0.05, 0.1) is 6.54 Å². The minimum atomic E-state index is 0.212. The molecule has 0 spiro atoms. The summed E-state index contributed by atoms with van der Waals surface area (Å²) in [5, 5.41) is 3.31. The van der Waals surface area contributed by atoms with Crippen LogP contribution in [0.25, 0.3) is 0 Å². The molecule has 1 atom stereocenters. The zero-order valence-corrected chi connectivity index (χ0v) is 8.57. The molecule has 0 rings (SSSR count). The van der Waals surface area contributed by atoms with Gasteiger partial charge in [0.25, 0.3) is 0 Å². The predicted octanol–water partition coefficient (Wildman–Crippen LogP) is 0.973. The molecule has 2 nitrogen and oxygen atoms in total. The largest absolute Gasteiger partial charge is 0.329 e. The van der Waals surface area contributed by atoms with Crippen LogP contribution in [0.1, 0.15) is 27.7 Å². The average Bonchev–Trinajstić information content (AvgIpc) is 1.95. The Bertz CT molecular complexity index is 169. The fraction of sp³-hybridized carbons (Fsp3) is 0.800. The van der Waals surface area contributed by atoms with Crippen molar-refractivity contribution in [3.63, 3.8) is 0 Å². The summed E-state index contributed by atoms with van der Waals surface area (Å²) in [5.41, 5.74) is 5.84. The van der Waals surface area contributed by atoms with Gasteiger partial charge in [0.15, 0.2) is 0 Å². The van der Waals surface area contributed by atoms with Gasteiger partial charge in [-0.05, 0) is 12.3 Å². The Morgan fingerprint density at radius 2 is 2.00 bits per heavy atom. The molecule has 0 bridgehead atoms. The first-order chi connectivity index (χ1) is 5.52. The third-order valence-electron chi connectivity index (χ3n) is 1.89. The van der Waals surface area contributed by atoms with Crippen LogP contribution in [-0.2, 0) is 0 Å². The number of nitrogens with two attached hydrogens (primary N) is 1. The van der Waals surface area contributed by atoms with Crippen molar-refractivity contribution in [1.82, 2.24) is 5.32 Å². The maximum Gasteiger partial charge on any atom is 0.0579 e. The maximum absolute atomic E-state index is 5.63. The van der Waals surface area contributed by atoms with Gasteiger partial charge in [0.1, 0.15) is 0 Å². The Kier molecular flexibility index (Phi) is 4.96. The van der Waals surface area contributed by atoms with Crippen LogP contribution in [0.5, 0.6) is 0 Å². The Morgan fingerprint density at radius 1 is 1.42 bits per heavy atom. The quantitative estimate of drug-likeness (QED) is 0.616. The summed E-state index contributed by atoms with van der Waals surface area (Å²) in [5.74, 6) is 5.81. The SMILES string of the molecule is CC#CCNC(CN)C(C)(C)C. The third kappa shape index (κ3) is 4.38. The molecule has 0 amide bonds. The van der Waals surface area contributed by atoms with Crippen LogP contribution in [0.3, 0.4) is 0 Å². The minimum Gasteiger partial charge on any atom is -0.329 e. The highest BCUT2D eigenvalue weighted by atomic mass is 14.9. The van der Waals surface area contributed by atoms with Gasteiger partial charge in [0, 0.05) is 12.6 Å². The summed E-state index contributed by atoms with van der Waals surface area (Å²) in [6.07, 6.45) is 0. The second-order valence-electron chi connectivity index (χ2n) is 3.96. The molecular formula is C10H20N2. The van der Waals surface area contributed by atoms with Crippen molar-refractivity contribution in [1.29, 1.82) is 0 Å². The molecule has 0 aliphatic heterocycles. The van der Waals surface area contributed by atoms with Crippen molar-refractivity contribution in [2.24, 2.45) is 11.1 Å². The fourth-order valence-corrected chi connectivity index (χ4v) is 1.01. The zero-order valence-electron chi connectivity index (χ0n) is 8.57. The van der Waals surface area contributed by atoms with Gasteiger partial charge in [-0.25, -0.2) is 0 Å². The molecule has 70 valence electrons. The van der Waals surface area contributed by atoms with Crippen molar-refractivity contribution in [3.8, 4) is 11.8 Å². The lowest BCUT2D eigenvalue weighted by molar-refractivity contribution is 0.282. The van der Waals surface area contributed by atoms with Crippen LogP contribution < -0.4 is 11.1 Å². The maximum atomic E-state index is 5.63. The van der Waals surface area contributed by atoms with Gasteiger partial charge in [-0.2, -0.15) is 0 Å². The van der Waals surface area contributed by atoms with E-state index in [0.29, 0.717) is 12.6 Å². The van der Waals surface area contributed by atoms with E-state index in [4.69, 9.17) is 5.73 Å². The second kappa shape index (κ2) is 5.18. The second-order valence-corrected chi connectivity index (χ2v) is 3.96. The Balaban J connectivity index is 3.89. The number of hydrogen-bond acceptors (Lipinski definition) is 2. The summed E-state index contributed by atoms with van der Waals surface area (Å²) in [6, 6.07) is 0.346. The summed E-state index contributed by atoms with van der Waals surface area (Å²) >= 11 is 0. The Hall–Kier alpha value is -0.520. The summed E-state index contributed by atoms with van der Waals surface area (Å²) in [6.45, 7) is 9.77. The summed E-state index contributed by atoms with van der Waals surface area (Å²) in [4.78, 5) is 0. The lowest BCUT2D eigenvalue weighted by Gasteiger charge is -2.29. The topological polar surface area (TPSA) is 38.0 Å². The van der Waals surface area contributed by atoms with Gasteiger partial charge < -0.3 is 11.1 Å². The number of hydrogen-bond donors (Lipinski definition) is 2. The van der Waals surface area contributed by atoms with Crippen LogP contribution in [0.4, 0.5) is 0 Å². The first-order valence-corrected chi connectivity index (χ1v) is 4.35. The molecule has 0 aromatic carbocycles. The molecule has 0 aromatic heterocycles. The smallest absolute Gasteiger partial charge is 0.0579 e. The normalized spacial score (nSPS) is 13.4. The van der Waals surface area contributed by atoms with Gasteiger partial charge in [-0.3, -0.25) is 0 Å². The standard InChI is InChI=1S/C10H20N2/c1-5-6-7-12-9(8-11)10(2,3)4/h9,12H,7-8,11H2,1-4H3. The monoisotopic (exact) mass is 168 g/mol. The molecule has 0 aliphatic rings.